The van der Waals surface area contributed by atoms with E-state index < -0.39 is 23.6 Å². The molecule has 3 aromatic rings. The molecule has 1 aliphatic carbocycles. The number of nitrogens with one attached hydrogen (secondary N) is 3. The largest absolute Gasteiger partial charge is 0.412 e. The van der Waals surface area contributed by atoms with Gasteiger partial charge in [-0.1, -0.05) is 19.1 Å². The van der Waals surface area contributed by atoms with Crippen LogP contribution in [-0.4, -0.2) is 16.7 Å². The fraction of sp³-hybridized carbons (Fsp3) is 0.227. The molecule has 30 heavy (non-hydrogen) atoms. The van der Waals surface area contributed by atoms with Gasteiger partial charge in [-0.15, -0.1) is 0 Å². The summed E-state index contributed by atoms with van der Waals surface area (Å²) < 4.78 is 33.5. The van der Waals surface area contributed by atoms with E-state index in [0.717, 1.165) is 6.07 Å². The van der Waals surface area contributed by atoms with Crippen LogP contribution in [0.25, 0.3) is 11.1 Å². The van der Waals surface area contributed by atoms with E-state index in [0.29, 0.717) is 34.7 Å². The van der Waals surface area contributed by atoms with Crippen molar-refractivity contribution in [3.8, 4) is 0 Å². The van der Waals surface area contributed by atoms with Gasteiger partial charge in [-0.2, -0.15) is 10.3 Å². The molecule has 0 amide bonds. The van der Waals surface area contributed by atoms with Gasteiger partial charge in [0.2, 0.25) is 0 Å². The number of allylic oxidation sites excluding steroid dienone is 1. The Balaban J connectivity index is 1.56. The van der Waals surface area contributed by atoms with Crippen molar-refractivity contribution in [1.29, 1.82) is 0 Å². The van der Waals surface area contributed by atoms with Crippen molar-refractivity contribution in [2.75, 3.05) is 5.32 Å². The number of aromatic nitrogens is 1. The molecule has 0 spiro atoms. The molecule has 152 valence electrons. The van der Waals surface area contributed by atoms with Crippen LogP contribution >= 0.6 is 0 Å². The molecule has 1 aliphatic heterocycles. The highest BCUT2D eigenvalue weighted by atomic mass is 19.1. The monoisotopic (exact) mass is 409 g/mol. The number of hydrogen-bond donors (Lipinski definition) is 3. The van der Waals surface area contributed by atoms with E-state index >= 15 is 0 Å². The number of oxazole rings is 1. The number of ketones is 1. The zero-order chi connectivity index (χ0) is 20.8. The van der Waals surface area contributed by atoms with Crippen LogP contribution in [0.2, 0.25) is 0 Å². The highest BCUT2D eigenvalue weighted by Crippen LogP contribution is 2.33. The van der Waals surface area contributed by atoms with Gasteiger partial charge in [0.15, 0.2) is 5.58 Å². The smallest absolute Gasteiger partial charge is 0.365 e. The number of fused-ring (bicyclic) bond motifs is 2. The lowest BCUT2D eigenvalue weighted by Gasteiger charge is -2.32. The summed E-state index contributed by atoms with van der Waals surface area (Å²) in [6.07, 6.45) is 2.35. The fourth-order valence-corrected chi connectivity index (χ4v) is 4.12. The molecule has 5 rings (SSSR count). The summed E-state index contributed by atoms with van der Waals surface area (Å²) in [5.41, 5.74) is 2.35. The first-order chi connectivity index (χ1) is 14.5. The molecule has 0 saturated heterocycles. The molecule has 0 fully saturated rings. The van der Waals surface area contributed by atoms with E-state index in [9.17, 15) is 13.6 Å². The number of nitrogens with zero attached hydrogens (tertiary/aromatic N) is 1. The molecule has 1 aromatic heterocycles. The summed E-state index contributed by atoms with van der Waals surface area (Å²) in [6.45, 7) is 1.95. The lowest BCUT2D eigenvalue weighted by atomic mass is 9.78. The molecule has 0 bridgehead atoms. The van der Waals surface area contributed by atoms with Crippen molar-refractivity contribution in [1.82, 2.24) is 10.3 Å². The SMILES string of the molecule is C[C@@H]1C=C2NC(Nc3nc4ccccc4o3)=[NH+][C@H](c3cc(F)cc(F)c3)[C@H]2C(=O)C1. The highest BCUT2D eigenvalue weighted by Gasteiger charge is 2.43. The van der Waals surface area contributed by atoms with Crippen molar-refractivity contribution < 1.29 is 23.0 Å². The van der Waals surface area contributed by atoms with Gasteiger partial charge in [0.05, 0.1) is 5.70 Å². The van der Waals surface area contributed by atoms with Crippen LogP contribution in [-0.2, 0) is 4.79 Å². The van der Waals surface area contributed by atoms with E-state index in [-0.39, 0.29) is 17.7 Å². The van der Waals surface area contributed by atoms with Crippen LogP contribution in [0.5, 0.6) is 0 Å². The van der Waals surface area contributed by atoms with Crippen LogP contribution in [0, 0.1) is 23.5 Å². The minimum absolute atomic E-state index is 0.00980. The Kier molecular flexibility index (Phi) is 4.34. The molecule has 0 radical (unpaired) electrons. The number of benzene rings is 2. The van der Waals surface area contributed by atoms with Crippen LogP contribution in [0.3, 0.4) is 0 Å². The van der Waals surface area contributed by atoms with Gasteiger partial charge < -0.3 is 4.42 Å². The van der Waals surface area contributed by atoms with Gasteiger partial charge in [0.1, 0.15) is 34.9 Å². The Morgan fingerprint density at radius 3 is 2.73 bits per heavy atom. The zero-order valence-corrected chi connectivity index (χ0v) is 16.1. The standard InChI is InChI=1S/C22H18F2N4O2/c1-11-6-16-19(17(29)7-11)20(12-8-13(23)10-14(24)9-12)27-21(25-16)28-22-26-15-4-2-3-5-18(15)30-22/h2-6,8-11,19-20H,7H2,1H3,(H2,25,26,27,28)/p+1/t11-,19-,20-/m1/s1. The summed E-state index contributed by atoms with van der Waals surface area (Å²) in [6, 6.07) is 10.2. The van der Waals surface area contributed by atoms with Gasteiger partial charge in [-0.05, 0) is 41.8 Å². The quantitative estimate of drug-likeness (QED) is 0.606. The fourth-order valence-electron chi connectivity index (χ4n) is 4.12. The number of halogens is 2. The number of carbonyl (C=O) groups is 1. The maximum Gasteiger partial charge on any atom is 0.365 e. The predicted octanol–water partition coefficient (Wildman–Crippen LogP) is 2.41. The van der Waals surface area contributed by atoms with E-state index in [1.807, 2.05) is 31.2 Å². The van der Waals surface area contributed by atoms with Crippen molar-refractivity contribution in [2.24, 2.45) is 11.8 Å². The maximum absolute atomic E-state index is 13.9. The molecule has 2 aromatic carbocycles. The maximum atomic E-state index is 13.9. The number of hydrogen-bond acceptors (Lipinski definition) is 5. The van der Waals surface area contributed by atoms with Crippen LogP contribution < -0.4 is 15.6 Å². The number of anilines is 1. The summed E-state index contributed by atoms with van der Waals surface area (Å²) in [5.74, 6) is -1.47. The topological polar surface area (TPSA) is 81.1 Å². The number of rotatable bonds is 2. The summed E-state index contributed by atoms with van der Waals surface area (Å²) in [4.78, 5) is 20.3. The van der Waals surface area contributed by atoms with Crippen LogP contribution in [0.1, 0.15) is 24.9 Å². The van der Waals surface area contributed by atoms with E-state index in [4.69, 9.17) is 4.42 Å². The second kappa shape index (κ2) is 7.05. The van der Waals surface area contributed by atoms with Gasteiger partial charge in [-0.3, -0.25) is 9.79 Å². The predicted molar refractivity (Wildman–Crippen MR) is 106 cm³/mol. The Hall–Kier alpha value is -3.55. The van der Waals surface area contributed by atoms with Crippen molar-refractivity contribution in [3.05, 3.63) is 71.4 Å². The van der Waals surface area contributed by atoms with Crippen molar-refractivity contribution in [2.45, 2.75) is 19.4 Å². The van der Waals surface area contributed by atoms with E-state index in [1.54, 1.807) is 6.07 Å². The molecule has 2 aliphatic rings. The number of Topliss-reactive ketones (excluding diaryl/α,β-unsaturated/α-hetero) is 1. The first-order valence-corrected chi connectivity index (χ1v) is 9.70. The summed E-state index contributed by atoms with van der Waals surface area (Å²) in [7, 11) is 0. The summed E-state index contributed by atoms with van der Waals surface area (Å²) in [5, 5.41) is 6.22. The number of para-hydroxylation sites is 2. The first kappa shape index (κ1) is 18.5. The van der Waals surface area contributed by atoms with E-state index in [1.165, 1.54) is 12.1 Å². The van der Waals surface area contributed by atoms with Crippen LogP contribution in [0.15, 0.2) is 58.7 Å². The van der Waals surface area contributed by atoms with E-state index in [2.05, 4.69) is 20.6 Å². The molecular weight excluding hydrogens is 390 g/mol. The molecule has 3 atom stereocenters. The summed E-state index contributed by atoms with van der Waals surface area (Å²) >= 11 is 0. The average molecular weight is 409 g/mol. The Bertz CT molecular complexity index is 1160. The normalized spacial score (nSPS) is 23.4. The van der Waals surface area contributed by atoms with Gasteiger partial charge in [0.25, 0.3) is 0 Å². The third kappa shape index (κ3) is 3.34. The number of carbonyl (C=O) groups excluding carboxylic acids is 1. The zero-order valence-electron chi connectivity index (χ0n) is 16.1. The third-order valence-corrected chi connectivity index (χ3v) is 5.34. The van der Waals surface area contributed by atoms with Gasteiger partial charge in [-0.25, -0.2) is 14.1 Å². The molecule has 8 heteroatoms. The molecular formula is C22H19F2N4O2+. The Morgan fingerprint density at radius 1 is 1.20 bits per heavy atom. The Labute approximate surface area is 170 Å². The Morgan fingerprint density at radius 2 is 1.97 bits per heavy atom. The van der Waals surface area contributed by atoms with Crippen molar-refractivity contribution in [3.63, 3.8) is 0 Å². The molecule has 0 saturated carbocycles. The van der Waals surface area contributed by atoms with Crippen LogP contribution in [0.4, 0.5) is 14.8 Å². The van der Waals surface area contributed by atoms with Gasteiger partial charge >= 0.3 is 12.0 Å². The lowest BCUT2D eigenvalue weighted by molar-refractivity contribution is -0.522. The first-order valence-electron chi connectivity index (χ1n) is 9.70. The lowest BCUT2D eigenvalue weighted by Crippen LogP contribution is -2.84. The highest BCUT2D eigenvalue weighted by molar-refractivity contribution is 5.94. The second-order valence-electron chi connectivity index (χ2n) is 7.68. The average Bonchev–Trinajstić information content (AvgIpc) is 3.08. The number of guanidine groups is 1. The molecule has 6 nitrogen and oxygen atoms in total. The van der Waals surface area contributed by atoms with Gasteiger partial charge in [0, 0.05) is 12.5 Å². The second-order valence-corrected chi connectivity index (χ2v) is 7.68. The minimum atomic E-state index is -0.694. The molecule has 3 N–H and O–H groups in total. The molecule has 0 unspecified atom stereocenters. The van der Waals surface area contributed by atoms with Crippen molar-refractivity contribution >= 4 is 28.9 Å². The third-order valence-electron chi connectivity index (χ3n) is 5.34. The minimum Gasteiger partial charge on any atom is -0.412 e. The molecule has 2 heterocycles.